The lowest BCUT2D eigenvalue weighted by molar-refractivity contribution is 0.0576. The van der Waals surface area contributed by atoms with Gasteiger partial charge < -0.3 is 4.74 Å². The number of nitrogens with zero attached hydrogens (tertiary/aromatic N) is 3. The highest BCUT2D eigenvalue weighted by Crippen LogP contribution is 2.31. The Bertz CT molecular complexity index is 1080. The fourth-order valence-electron chi connectivity index (χ4n) is 5.49. The summed E-state index contributed by atoms with van der Waals surface area (Å²) in [6.07, 6.45) is 11.4. The van der Waals surface area contributed by atoms with Crippen molar-refractivity contribution in [3.63, 3.8) is 0 Å². The molecule has 2 atom stereocenters. The van der Waals surface area contributed by atoms with E-state index in [0.717, 1.165) is 49.3 Å². The van der Waals surface area contributed by atoms with E-state index in [4.69, 9.17) is 4.74 Å². The molecular formula is C30H33F2N3O. The van der Waals surface area contributed by atoms with Crippen molar-refractivity contribution >= 4 is 6.08 Å². The van der Waals surface area contributed by atoms with E-state index >= 15 is 0 Å². The average Bonchev–Trinajstić information content (AvgIpc) is 3.18. The highest BCUT2D eigenvalue weighted by molar-refractivity contribution is 5.47. The number of benzene rings is 2. The van der Waals surface area contributed by atoms with Crippen LogP contribution in [-0.4, -0.2) is 59.7 Å². The molecule has 0 saturated carbocycles. The van der Waals surface area contributed by atoms with E-state index in [9.17, 15) is 8.78 Å². The van der Waals surface area contributed by atoms with E-state index in [0.29, 0.717) is 18.7 Å². The second-order valence-electron chi connectivity index (χ2n) is 9.71. The molecule has 2 fully saturated rings. The SMILES string of the molecule is Fc1ccc(C(OCCN2CCC3CCC(C2)N3C/C=C/c2cccnc2)c2ccc(F)cc2)cc1. The van der Waals surface area contributed by atoms with Gasteiger partial charge >= 0.3 is 0 Å². The van der Waals surface area contributed by atoms with Crippen LogP contribution in [-0.2, 0) is 4.74 Å². The van der Waals surface area contributed by atoms with E-state index in [1.54, 1.807) is 30.5 Å². The van der Waals surface area contributed by atoms with Gasteiger partial charge in [-0.15, -0.1) is 0 Å². The molecular weight excluding hydrogens is 456 g/mol. The van der Waals surface area contributed by atoms with Gasteiger partial charge in [0.1, 0.15) is 17.7 Å². The van der Waals surface area contributed by atoms with E-state index in [1.807, 2.05) is 12.3 Å². The standard InChI is InChI=1S/C30H33F2N3O/c31-26-9-5-24(6-10-26)30(25-7-11-27(32)12-8-25)36-20-19-34-18-15-28-13-14-29(22-34)35(28)17-2-4-23-3-1-16-33-21-23/h1-12,16,21,28-30H,13-15,17-20,22H2/b4-2+. The van der Waals surface area contributed by atoms with Crippen LogP contribution in [0.1, 0.15) is 42.1 Å². The first-order valence-electron chi connectivity index (χ1n) is 12.8. The molecule has 36 heavy (non-hydrogen) atoms. The Labute approximate surface area is 212 Å². The number of aromatic nitrogens is 1. The molecule has 2 aliphatic rings. The Morgan fingerprint density at radius 1 is 0.917 bits per heavy atom. The molecule has 0 spiro atoms. The second kappa shape index (κ2) is 11.9. The molecule has 0 amide bonds. The third kappa shape index (κ3) is 6.25. The van der Waals surface area contributed by atoms with Crippen molar-refractivity contribution in [2.45, 2.75) is 37.5 Å². The Morgan fingerprint density at radius 3 is 2.28 bits per heavy atom. The van der Waals surface area contributed by atoms with Crippen LogP contribution < -0.4 is 0 Å². The topological polar surface area (TPSA) is 28.6 Å². The first-order valence-corrected chi connectivity index (χ1v) is 12.8. The zero-order valence-electron chi connectivity index (χ0n) is 20.5. The molecule has 3 aromatic rings. The van der Waals surface area contributed by atoms with Crippen molar-refractivity contribution in [3.05, 3.63) is 107 Å². The minimum Gasteiger partial charge on any atom is -0.367 e. The molecule has 5 rings (SSSR count). The Morgan fingerprint density at radius 2 is 1.61 bits per heavy atom. The van der Waals surface area contributed by atoms with Crippen LogP contribution in [0.4, 0.5) is 8.78 Å². The van der Waals surface area contributed by atoms with Gasteiger partial charge in [-0.05, 0) is 72.8 Å². The normalized spacial score (nSPS) is 20.9. The fourth-order valence-corrected chi connectivity index (χ4v) is 5.49. The average molecular weight is 490 g/mol. The number of hydrogen-bond acceptors (Lipinski definition) is 4. The molecule has 2 aromatic carbocycles. The molecule has 3 heterocycles. The molecule has 2 saturated heterocycles. The van der Waals surface area contributed by atoms with Gasteiger partial charge in [-0.2, -0.15) is 0 Å². The summed E-state index contributed by atoms with van der Waals surface area (Å²) in [6.45, 7) is 4.45. The third-order valence-corrected chi connectivity index (χ3v) is 7.37. The molecule has 4 nitrogen and oxygen atoms in total. The Hall–Kier alpha value is -2.93. The Balaban J connectivity index is 1.18. The summed E-state index contributed by atoms with van der Waals surface area (Å²) in [5.41, 5.74) is 2.87. The maximum Gasteiger partial charge on any atom is 0.123 e. The number of rotatable bonds is 9. The van der Waals surface area contributed by atoms with E-state index in [2.05, 4.69) is 33.0 Å². The summed E-state index contributed by atoms with van der Waals surface area (Å²) in [5, 5.41) is 0. The first kappa shape index (κ1) is 24.8. The maximum atomic E-state index is 13.5. The van der Waals surface area contributed by atoms with Crippen molar-refractivity contribution in [1.82, 2.24) is 14.8 Å². The molecule has 1 aromatic heterocycles. The molecule has 0 aliphatic carbocycles. The van der Waals surface area contributed by atoms with Crippen molar-refractivity contribution in [2.75, 3.05) is 32.8 Å². The predicted octanol–water partition coefficient (Wildman–Crippen LogP) is 5.72. The molecule has 2 aliphatic heterocycles. The van der Waals surface area contributed by atoms with Crippen LogP contribution in [0, 0.1) is 11.6 Å². The molecule has 2 bridgehead atoms. The zero-order chi connectivity index (χ0) is 24.7. The van der Waals surface area contributed by atoms with Crippen molar-refractivity contribution in [1.29, 1.82) is 0 Å². The van der Waals surface area contributed by atoms with Crippen LogP contribution in [0.5, 0.6) is 0 Å². The van der Waals surface area contributed by atoms with Gasteiger partial charge in [0.15, 0.2) is 0 Å². The number of hydrogen-bond donors (Lipinski definition) is 0. The predicted molar refractivity (Wildman–Crippen MR) is 138 cm³/mol. The molecule has 6 heteroatoms. The van der Waals surface area contributed by atoms with Gasteiger partial charge in [0, 0.05) is 44.1 Å². The van der Waals surface area contributed by atoms with Gasteiger partial charge in [-0.25, -0.2) is 8.78 Å². The van der Waals surface area contributed by atoms with E-state index < -0.39 is 0 Å². The highest BCUT2D eigenvalue weighted by Gasteiger charge is 2.36. The third-order valence-electron chi connectivity index (χ3n) is 7.37. The van der Waals surface area contributed by atoms with Crippen LogP contribution >= 0.6 is 0 Å². The number of halogens is 2. The summed E-state index contributed by atoms with van der Waals surface area (Å²) in [4.78, 5) is 9.36. The lowest BCUT2D eigenvalue weighted by Crippen LogP contribution is -2.40. The van der Waals surface area contributed by atoms with Gasteiger partial charge in [0.2, 0.25) is 0 Å². The van der Waals surface area contributed by atoms with Crippen molar-refractivity contribution < 1.29 is 13.5 Å². The minimum atomic E-state index is -0.358. The molecule has 188 valence electrons. The van der Waals surface area contributed by atoms with Gasteiger partial charge in [-0.3, -0.25) is 14.8 Å². The van der Waals surface area contributed by atoms with Gasteiger partial charge in [0.25, 0.3) is 0 Å². The number of pyridine rings is 1. The summed E-state index contributed by atoms with van der Waals surface area (Å²) < 4.78 is 33.3. The number of fused-ring (bicyclic) bond motifs is 2. The van der Waals surface area contributed by atoms with Crippen LogP contribution in [0.25, 0.3) is 6.08 Å². The van der Waals surface area contributed by atoms with Crippen LogP contribution in [0.2, 0.25) is 0 Å². The lowest BCUT2D eigenvalue weighted by atomic mass is 10.0. The van der Waals surface area contributed by atoms with Gasteiger partial charge in [-0.1, -0.05) is 42.5 Å². The molecule has 0 N–H and O–H groups in total. The number of ether oxygens (including phenoxy) is 1. The summed E-state index contributed by atoms with van der Waals surface area (Å²) in [6, 6.07) is 18.0. The summed E-state index contributed by atoms with van der Waals surface area (Å²) in [5.74, 6) is -0.563. The maximum absolute atomic E-state index is 13.5. The van der Waals surface area contributed by atoms with Crippen LogP contribution in [0.15, 0.2) is 79.1 Å². The monoisotopic (exact) mass is 489 g/mol. The summed E-state index contributed by atoms with van der Waals surface area (Å²) in [7, 11) is 0. The zero-order valence-corrected chi connectivity index (χ0v) is 20.5. The first-order chi connectivity index (χ1) is 17.7. The van der Waals surface area contributed by atoms with E-state index in [1.165, 1.54) is 37.1 Å². The Kier molecular flexibility index (Phi) is 8.16. The van der Waals surface area contributed by atoms with Crippen molar-refractivity contribution in [2.24, 2.45) is 0 Å². The van der Waals surface area contributed by atoms with E-state index in [-0.39, 0.29) is 17.7 Å². The second-order valence-corrected chi connectivity index (χ2v) is 9.71. The quantitative estimate of drug-likeness (QED) is 0.385. The molecule has 0 radical (unpaired) electrons. The lowest BCUT2D eigenvalue weighted by Gasteiger charge is -2.28. The molecule has 2 unspecified atom stereocenters. The largest absolute Gasteiger partial charge is 0.367 e. The van der Waals surface area contributed by atoms with Crippen LogP contribution in [0.3, 0.4) is 0 Å². The fraction of sp³-hybridized carbons (Fsp3) is 0.367. The highest BCUT2D eigenvalue weighted by atomic mass is 19.1. The summed E-state index contributed by atoms with van der Waals surface area (Å²) >= 11 is 0. The minimum absolute atomic E-state index is 0.281. The smallest absolute Gasteiger partial charge is 0.123 e. The van der Waals surface area contributed by atoms with Crippen molar-refractivity contribution in [3.8, 4) is 0 Å². The van der Waals surface area contributed by atoms with Gasteiger partial charge in [0.05, 0.1) is 6.61 Å². The number of likely N-dealkylation sites (tertiary alicyclic amines) is 1.